The van der Waals surface area contributed by atoms with Crippen LogP contribution in [-0.2, 0) is 17.6 Å². The number of anilines is 1. The van der Waals surface area contributed by atoms with E-state index in [4.69, 9.17) is 31.1 Å². The van der Waals surface area contributed by atoms with Gasteiger partial charge in [0.25, 0.3) is 0 Å². The second-order valence-electron chi connectivity index (χ2n) is 9.10. The highest BCUT2D eigenvalue weighted by Gasteiger charge is 2.20. The lowest BCUT2D eigenvalue weighted by molar-refractivity contribution is -0.137. The Hall–Kier alpha value is -2.66. The number of nitrogens with two attached hydrogens (primary N) is 1. The monoisotopic (exact) mass is 505 g/mol. The summed E-state index contributed by atoms with van der Waals surface area (Å²) in [7, 11) is 0. The van der Waals surface area contributed by atoms with Gasteiger partial charge >= 0.3 is 5.97 Å². The van der Waals surface area contributed by atoms with E-state index in [0.29, 0.717) is 0 Å². The van der Waals surface area contributed by atoms with Crippen LogP contribution in [0.1, 0.15) is 75.1 Å². The Labute approximate surface area is 214 Å². The number of carboxylic acid groups (broad SMARTS) is 1. The lowest BCUT2D eigenvalue weighted by Gasteiger charge is -2.20. The predicted octanol–water partition coefficient (Wildman–Crippen LogP) is 2.28. The average molecular weight is 506 g/mol. The number of carboxylic acids is 1. The molecule has 0 spiro atoms. The molecule has 1 aliphatic rings. The van der Waals surface area contributed by atoms with Crippen molar-refractivity contribution in [1.29, 1.82) is 0 Å². The van der Waals surface area contributed by atoms with Crippen LogP contribution in [0.4, 0.5) is 5.82 Å². The number of unbranched alkanes of at least 4 members (excludes halogenated alkanes) is 3. The summed E-state index contributed by atoms with van der Waals surface area (Å²) >= 11 is 0. The second-order valence-corrected chi connectivity index (χ2v) is 9.10. The van der Waals surface area contributed by atoms with E-state index >= 15 is 0 Å². The molecule has 0 fully saturated rings. The normalized spacial score (nSPS) is 13.3. The molecular formula is C26H43N5O5. The molecule has 2 aromatic heterocycles. The van der Waals surface area contributed by atoms with E-state index in [0.717, 1.165) is 68.6 Å². The fourth-order valence-corrected chi connectivity index (χ4v) is 3.83. The van der Waals surface area contributed by atoms with Gasteiger partial charge in [-0.15, -0.1) is 0 Å². The second kappa shape index (κ2) is 16.9. The minimum absolute atomic E-state index is 0. The van der Waals surface area contributed by atoms with Crippen LogP contribution in [0.3, 0.4) is 0 Å². The minimum Gasteiger partial charge on any atom is -0.481 e. The first-order valence-corrected chi connectivity index (χ1v) is 12.2. The van der Waals surface area contributed by atoms with Crippen LogP contribution in [0.5, 0.6) is 0 Å². The van der Waals surface area contributed by atoms with E-state index in [2.05, 4.69) is 27.4 Å². The summed E-state index contributed by atoms with van der Waals surface area (Å²) in [6.45, 7) is -0.187. The maximum Gasteiger partial charge on any atom is 0.303 e. The molecule has 202 valence electrons. The molecule has 36 heavy (non-hydrogen) atoms. The quantitative estimate of drug-likeness (QED) is 0.222. The van der Waals surface area contributed by atoms with Crippen molar-refractivity contribution >= 4 is 11.8 Å². The predicted molar refractivity (Wildman–Crippen MR) is 140 cm³/mol. The molecule has 3 rings (SSSR count). The van der Waals surface area contributed by atoms with Gasteiger partial charge in [0, 0.05) is 24.6 Å². The molecule has 10 nitrogen and oxygen atoms in total. The summed E-state index contributed by atoms with van der Waals surface area (Å²) in [5.74, 6) is 0.299. The van der Waals surface area contributed by atoms with E-state index in [9.17, 15) is 4.79 Å². The van der Waals surface area contributed by atoms with Crippen molar-refractivity contribution in [3.05, 3.63) is 47.7 Å². The SMILES string of the molecule is C.NC(CO)(CO)CO.O=C(O)C[C@@H](CCCCCCc1ccc2c(n1)NCCC2)c1cncnc1. The molecule has 0 aromatic carbocycles. The van der Waals surface area contributed by atoms with Crippen molar-refractivity contribution in [2.75, 3.05) is 31.7 Å². The zero-order valence-corrected chi connectivity index (χ0v) is 20.3. The zero-order chi connectivity index (χ0) is 25.5. The maximum absolute atomic E-state index is 11.1. The molecule has 0 aliphatic carbocycles. The summed E-state index contributed by atoms with van der Waals surface area (Å²) in [5.41, 5.74) is 7.35. The van der Waals surface area contributed by atoms with Crippen molar-refractivity contribution in [3.8, 4) is 0 Å². The lowest BCUT2D eigenvalue weighted by atomic mass is 9.92. The number of pyridine rings is 1. The lowest BCUT2D eigenvalue weighted by Crippen LogP contribution is -2.50. The third-order valence-corrected chi connectivity index (χ3v) is 6.10. The molecule has 0 radical (unpaired) electrons. The molecule has 0 bridgehead atoms. The van der Waals surface area contributed by atoms with Gasteiger partial charge in [-0.1, -0.05) is 32.8 Å². The summed E-state index contributed by atoms with van der Waals surface area (Å²) in [6, 6.07) is 4.37. The standard InChI is InChI=1S/C21H28N4O2.C4H11NO3.CH4/c26-20(27)12-17(18-13-22-15-23-14-18)6-3-1-2-4-8-19-10-9-16-7-5-11-24-21(16)25-19;5-4(1-6,2-7)3-8;/h9-10,13-15,17H,1-8,11-12H2,(H,24,25)(H,26,27);6-8H,1-3,5H2;1H4/t17-;;/m1../s1. The molecular weight excluding hydrogens is 462 g/mol. The highest BCUT2D eigenvalue weighted by atomic mass is 16.4. The fraction of sp³-hybridized carbons (Fsp3) is 0.615. The van der Waals surface area contributed by atoms with E-state index in [-0.39, 0.29) is 19.8 Å². The van der Waals surface area contributed by atoms with Crippen LogP contribution < -0.4 is 11.1 Å². The minimum atomic E-state index is -1.21. The number of rotatable bonds is 13. The number of nitrogens with one attached hydrogen (secondary N) is 1. The third kappa shape index (κ3) is 10.9. The smallest absolute Gasteiger partial charge is 0.303 e. The molecule has 1 atom stereocenters. The van der Waals surface area contributed by atoms with Crippen LogP contribution in [-0.4, -0.2) is 73.3 Å². The first-order chi connectivity index (χ1) is 16.9. The van der Waals surface area contributed by atoms with E-state index in [1.165, 1.54) is 18.3 Å². The Kier molecular flexibility index (Phi) is 14.7. The van der Waals surface area contributed by atoms with Crippen LogP contribution in [0.15, 0.2) is 30.9 Å². The highest BCUT2D eigenvalue weighted by molar-refractivity contribution is 5.68. The van der Waals surface area contributed by atoms with Crippen molar-refractivity contribution in [3.63, 3.8) is 0 Å². The van der Waals surface area contributed by atoms with Crippen LogP contribution in [0.2, 0.25) is 0 Å². The Morgan fingerprint density at radius 1 is 1.06 bits per heavy atom. The molecule has 1 aliphatic heterocycles. The Morgan fingerprint density at radius 3 is 2.33 bits per heavy atom. The molecule has 0 amide bonds. The van der Waals surface area contributed by atoms with Crippen molar-refractivity contribution in [2.24, 2.45) is 5.73 Å². The average Bonchev–Trinajstić information content (AvgIpc) is 2.90. The number of hydrogen-bond donors (Lipinski definition) is 6. The Morgan fingerprint density at radius 2 is 1.72 bits per heavy atom. The van der Waals surface area contributed by atoms with E-state index < -0.39 is 31.3 Å². The molecule has 0 unspecified atom stereocenters. The number of aliphatic carboxylic acids is 1. The molecule has 0 saturated heterocycles. The number of aryl methyl sites for hydroxylation is 2. The third-order valence-electron chi connectivity index (χ3n) is 6.10. The summed E-state index contributed by atoms with van der Waals surface area (Å²) < 4.78 is 0. The van der Waals surface area contributed by atoms with Crippen LogP contribution in [0.25, 0.3) is 0 Å². The molecule has 3 heterocycles. The van der Waals surface area contributed by atoms with Crippen molar-refractivity contribution in [1.82, 2.24) is 15.0 Å². The number of aliphatic hydroxyl groups is 3. The number of aromatic nitrogens is 3. The van der Waals surface area contributed by atoms with Crippen LogP contribution in [0, 0.1) is 0 Å². The van der Waals surface area contributed by atoms with Gasteiger partial charge in [0.15, 0.2) is 0 Å². The van der Waals surface area contributed by atoms with Crippen molar-refractivity contribution in [2.45, 2.75) is 76.7 Å². The summed E-state index contributed by atoms with van der Waals surface area (Å²) in [6.07, 6.45) is 13.6. The van der Waals surface area contributed by atoms with Gasteiger partial charge in [-0.2, -0.15) is 0 Å². The van der Waals surface area contributed by atoms with Gasteiger partial charge in [-0.3, -0.25) is 4.79 Å². The number of nitrogens with zero attached hydrogens (tertiary/aromatic N) is 3. The van der Waals surface area contributed by atoms with Crippen LogP contribution >= 0.6 is 0 Å². The highest BCUT2D eigenvalue weighted by Crippen LogP contribution is 2.25. The summed E-state index contributed by atoms with van der Waals surface area (Å²) in [5, 5.41) is 37.6. The van der Waals surface area contributed by atoms with E-state index in [1.807, 2.05) is 0 Å². The molecule has 2 aromatic rings. The van der Waals surface area contributed by atoms with Gasteiger partial charge in [0.1, 0.15) is 12.1 Å². The first-order valence-electron chi connectivity index (χ1n) is 12.2. The maximum atomic E-state index is 11.1. The van der Waals surface area contributed by atoms with Gasteiger partial charge in [-0.05, 0) is 55.2 Å². The van der Waals surface area contributed by atoms with Gasteiger partial charge in [-0.25, -0.2) is 15.0 Å². The van der Waals surface area contributed by atoms with E-state index in [1.54, 1.807) is 12.4 Å². The number of carbonyl (C=O) groups is 1. The number of hydrogen-bond acceptors (Lipinski definition) is 9. The van der Waals surface area contributed by atoms with Crippen molar-refractivity contribution < 1.29 is 25.2 Å². The van der Waals surface area contributed by atoms with Gasteiger partial charge in [0.05, 0.1) is 31.8 Å². The zero-order valence-electron chi connectivity index (χ0n) is 20.3. The Balaban J connectivity index is 0.000000625. The molecule has 7 N–H and O–H groups in total. The topological polar surface area (TPSA) is 175 Å². The molecule has 10 heteroatoms. The fourth-order valence-electron chi connectivity index (χ4n) is 3.83. The summed E-state index contributed by atoms with van der Waals surface area (Å²) in [4.78, 5) is 23.9. The first kappa shape index (κ1) is 31.4. The number of fused-ring (bicyclic) bond motifs is 1. The number of aliphatic hydroxyl groups excluding tert-OH is 3. The van der Waals surface area contributed by atoms with Gasteiger partial charge < -0.3 is 31.5 Å². The molecule has 0 saturated carbocycles. The Bertz CT molecular complexity index is 872. The largest absolute Gasteiger partial charge is 0.481 e. The van der Waals surface area contributed by atoms with Gasteiger partial charge in [0.2, 0.25) is 0 Å².